The zero-order valence-corrected chi connectivity index (χ0v) is 15.5. The van der Waals surface area contributed by atoms with Crippen molar-refractivity contribution in [2.24, 2.45) is 0 Å². The number of hydrogen-bond acceptors (Lipinski definition) is 6. The first kappa shape index (κ1) is 17.9. The second-order valence-corrected chi connectivity index (χ2v) is 9.08. The Morgan fingerprint density at radius 1 is 1.36 bits per heavy atom. The lowest BCUT2D eigenvalue weighted by Gasteiger charge is -2.12. The van der Waals surface area contributed by atoms with E-state index >= 15 is 0 Å². The Morgan fingerprint density at radius 2 is 2.12 bits per heavy atom. The molecule has 25 heavy (non-hydrogen) atoms. The van der Waals surface area contributed by atoms with Crippen LogP contribution in [0.1, 0.15) is 46.7 Å². The number of carbonyl (C=O) groups excluding carboxylic acids is 1. The number of benzene rings is 1. The molecule has 1 heterocycles. The summed E-state index contributed by atoms with van der Waals surface area (Å²) < 4.78 is 32.3. The molecule has 2 aromatic rings. The van der Waals surface area contributed by atoms with E-state index in [1.807, 2.05) is 12.3 Å². The summed E-state index contributed by atoms with van der Waals surface area (Å²) in [7, 11) is -3.62. The van der Waals surface area contributed by atoms with Gasteiger partial charge in [-0.25, -0.2) is 18.1 Å². The lowest BCUT2D eigenvalue weighted by atomic mass is 10.2. The first-order valence-electron chi connectivity index (χ1n) is 8.14. The van der Waals surface area contributed by atoms with Crippen molar-refractivity contribution in [1.29, 1.82) is 0 Å². The number of thiazole rings is 1. The highest BCUT2D eigenvalue weighted by atomic mass is 32.2. The van der Waals surface area contributed by atoms with E-state index in [1.165, 1.54) is 0 Å². The van der Waals surface area contributed by atoms with Gasteiger partial charge in [-0.3, -0.25) is 4.79 Å². The van der Waals surface area contributed by atoms with Crippen molar-refractivity contribution in [2.45, 2.75) is 44.5 Å². The first-order valence-corrected chi connectivity index (χ1v) is 10.6. The molecule has 0 radical (unpaired) electrons. The molecule has 1 aliphatic carbocycles. The molecule has 0 saturated heterocycles. The number of nitrogens with one attached hydrogen (secondary N) is 1. The van der Waals surface area contributed by atoms with Crippen LogP contribution in [0.2, 0.25) is 0 Å². The highest BCUT2D eigenvalue weighted by Gasteiger charge is 2.30. The Labute approximate surface area is 151 Å². The minimum Gasteiger partial charge on any atom is -0.487 e. The van der Waals surface area contributed by atoms with Crippen LogP contribution in [0, 0.1) is 6.92 Å². The van der Waals surface area contributed by atoms with Crippen molar-refractivity contribution in [2.75, 3.05) is 0 Å². The predicted molar refractivity (Wildman–Crippen MR) is 96.3 cm³/mol. The fraction of sp³-hybridized carbons (Fsp3) is 0.412. The lowest BCUT2D eigenvalue weighted by molar-refractivity contribution is 0.0980. The van der Waals surface area contributed by atoms with Gasteiger partial charge in [0.2, 0.25) is 10.0 Å². The van der Waals surface area contributed by atoms with Crippen LogP contribution in [0.4, 0.5) is 0 Å². The van der Waals surface area contributed by atoms with Gasteiger partial charge in [0, 0.05) is 10.9 Å². The topological polar surface area (TPSA) is 85.4 Å². The molecule has 1 aliphatic rings. The number of carbonyl (C=O) groups is 1. The van der Waals surface area contributed by atoms with Crippen LogP contribution in [0.5, 0.6) is 5.75 Å². The molecule has 8 heteroatoms. The second-order valence-electron chi connectivity index (χ2n) is 6.06. The molecule has 1 N–H and O–H groups in total. The summed E-state index contributed by atoms with van der Waals surface area (Å²) in [5, 5.41) is 2.41. The Bertz CT molecular complexity index is 855. The number of aromatic nitrogens is 1. The van der Waals surface area contributed by atoms with Crippen molar-refractivity contribution in [3.8, 4) is 5.75 Å². The highest BCUT2D eigenvalue weighted by molar-refractivity contribution is 7.90. The van der Waals surface area contributed by atoms with E-state index in [1.54, 1.807) is 35.6 Å². The monoisotopic (exact) mass is 380 g/mol. The minimum absolute atomic E-state index is 0.258. The molecule has 134 valence electrons. The summed E-state index contributed by atoms with van der Waals surface area (Å²) in [6.07, 6.45) is 3.00. The van der Waals surface area contributed by atoms with Crippen LogP contribution in [0.15, 0.2) is 29.6 Å². The standard InChI is InChI=1S/C17H20N2O4S2/c1-12-18-14(11-24-12)10-23-15-6-4-5-13(9-15)17(20)19-25(21,22)16-7-2-3-8-16/h4-6,9,11,16H,2-3,7-8,10H2,1H3,(H,19,20). The fourth-order valence-corrected chi connectivity index (χ4v) is 4.92. The number of rotatable bonds is 6. The van der Waals surface area contributed by atoms with E-state index in [2.05, 4.69) is 9.71 Å². The maximum Gasteiger partial charge on any atom is 0.264 e. The Kier molecular flexibility index (Phi) is 5.39. The number of sulfonamides is 1. The molecular formula is C17H20N2O4S2. The summed E-state index contributed by atoms with van der Waals surface area (Å²) in [6, 6.07) is 6.50. The van der Waals surface area contributed by atoms with E-state index in [9.17, 15) is 13.2 Å². The van der Waals surface area contributed by atoms with Crippen LogP contribution in [0.3, 0.4) is 0 Å². The average molecular weight is 380 g/mol. The molecule has 1 aromatic carbocycles. The normalized spacial score (nSPS) is 15.2. The van der Waals surface area contributed by atoms with Gasteiger partial charge in [-0.15, -0.1) is 11.3 Å². The van der Waals surface area contributed by atoms with Gasteiger partial charge in [0.1, 0.15) is 12.4 Å². The number of aryl methyl sites for hydroxylation is 1. The van der Waals surface area contributed by atoms with E-state index in [0.717, 1.165) is 23.5 Å². The van der Waals surface area contributed by atoms with Gasteiger partial charge < -0.3 is 4.74 Å². The molecule has 1 amide bonds. The summed E-state index contributed by atoms with van der Waals surface area (Å²) >= 11 is 1.54. The molecule has 0 bridgehead atoms. The van der Waals surface area contributed by atoms with Crippen LogP contribution >= 0.6 is 11.3 Å². The molecule has 0 atom stereocenters. The SMILES string of the molecule is Cc1nc(COc2cccc(C(=O)NS(=O)(=O)C3CCCC3)c2)cs1. The second kappa shape index (κ2) is 7.53. The third-order valence-electron chi connectivity index (χ3n) is 4.13. The molecule has 6 nitrogen and oxygen atoms in total. The Hall–Kier alpha value is -1.93. The fourth-order valence-electron chi connectivity index (χ4n) is 2.83. The summed E-state index contributed by atoms with van der Waals surface area (Å²) in [6.45, 7) is 2.22. The smallest absolute Gasteiger partial charge is 0.264 e. The average Bonchev–Trinajstić information content (AvgIpc) is 3.25. The maximum absolute atomic E-state index is 12.3. The minimum atomic E-state index is -3.62. The van der Waals surface area contributed by atoms with Crippen molar-refractivity contribution in [3.63, 3.8) is 0 Å². The van der Waals surface area contributed by atoms with Crippen molar-refractivity contribution >= 4 is 27.3 Å². The van der Waals surface area contributed by atoms with Crippen molar-refractivity contribution in [3.05, 3.63) is 45.9 Å². The molecule has 0 unspecified atom stereocenters. The van der Waals surface area contributed by atoms with E-state index < -0.39 is 21.2 Å². The summed E-state index contributed by atoms with van der Waals surface area (Å²) in [4.78, 5) is 16.6. The largest absolute Gasteiger partial charge is 0.487 e. The number of amides is 1. The third-order valence-corrected chi connectivity index (χ3v) is 6.77. The van der Waals surface area contributed by atoms with Crippen LogP contribution < -0.4 is 9.46 Å². The van der Waals surface area contributed by atoms with Gasteiger partial charge in [0.15, 0.2) is 0 Å². The molecule has 3 rings (SSSR count). The van der Waals surface area contributed by atoms with Crippen molar-refractivity contribution < 1.29 is 17.9 Å². The van der Waals surface area contributed by atoms with Gasteiger partial charge in [-0.05, 0) is 38.0 Å². The van der Waals surface area contributed by atoms with Gasteiger partial charge in [0.25, 0.3) is 5.91 Å². The Balaban J connectivity index is 1.64. The molecule has 1 fully saturated rings. The van der Waals surface area contributed by atoms with Crippen molar-refractivity contribution in [1.82, 2.24) is 9.71 Å². The zero-order valence-electron chi connectivity index (χ0n) is 13.9. The first-order chi connectivity index (χ1) is 11.9. The van der Waals surface area contributed by atoms with Crippen LogP contribution in [0.25, 0.3) is 0 Å². The number of ether oxygens (including phenoxy) is 1. The van der Waals surface area contributed by atoms with Gasteiger partial charge in [0.05, 0.1) is 16.0 Å². The van der Waals surface area contributed by atoms with E-state index in [0.29, 0.717) is 25.2 Å². The third kappa shape index (κ3) is 4.58. The van der Waals surface area contributed by atoms with Gasteiger partial charge >= 0.3 is 0 Å². The zero-order chi connectivity index (χ0) is 17.9. The van der Waals surface area contributed by atoms with Crippen LogP contribution in [-0.4, -0.2) is 24.6 Å². The molecule has 0 spiro atoms. The maximum atomic E-state index is 12.3. The summed E-state index contributed by atoms with van der Waals surface area (Å²) in [5.74, 6) is -0.126. The van der Waals surface area contributed by atoms with E-state index in [-0.39, 0.29) is 5.56 Å². The predicted octanol–water partition coefficient (Wildman–Crippen LogP) is 3.03. The lowest BCUT2D eigenvalue weighted by Crippen LogP contribution is -2.37. The van der Waals surface area contributed by atoms with Crippen LogP contribution in [-0.2, 0) is 16.6 Å². The summed E-state index contributed by atoms with van der Waals surface area (Å²) in [5.41, 5.74) is 1.08. The molecule has 1 saturated carbocycles. The quantitative estimate of drug-likeness (QED) is 0.832. The van der Waals surface area contributed by atoms with Gasteiger partial charge in [-0.1, -0.05) is 18.9 Å². The number of nitrogens with zero attached hydrogens (tertiary/aromatic N) is 1. The number of hydrogen-bond donors (Lipinski definition) is 1. The van der Waals surface area contributed by atoms with Gasteiger partial charge in [-0.2, -0.15) is 0 Å². The molecule has 1 aromatic heterocycles. The molecular weight excluding hydrogens is 360 g/mol. The van der Waals surface area contributed by atoms with E-state index in [4.69, 9.17) is 4.74 Å². The Morgan fingerprint density at radius 3 is 2.80 bits per heavy atom. The molecule has 0 aliphatic heterocycles. The highest BCUT2D eigenvalue weighted by Crippen LogP contribution is 2.24.